The standard InChI is InChI=1S/C21H35N5O2/c1-15(2)6-5-9-25-10-7-18-23-24-20(26(18)12-11-25)19(16(3)4)22-21(27)17-8-13-28-14-17/h5-6,15-17,19H,7-14H2,1-4H3,(H,22,27)/b6-5+/t17-,19-/m0/s1. The highest BCUT2D eigenvalue weighted by molar-refractivity contribution is 5.79. The molecular formula is C21H35N5O2. The Kier molecular flexibility index (Phi) is 7.24. The second kappa shape index (κ2) is 9.65. The van der Waals surface area contributed by atoms with Gasteiger partial charge in [-0.15, -0.1) is 10.2 Å². The number of nitrogens with one attached hydrogen (secondary N) is 1. The van der Waals surface area contributed by atoms with E-state index in [1.54, 1.807) is 0 Å². The molecule has 156 valence electrons. The molecule has 2 atom stereocenters. The van der Waals surface area contributed by atoms with Crippen LogP contribution in [0.3, 0.4) is 0 Å². The van der Waals surface area contributed by atoms with Crippen LogP contribution in [-0.2, 0) is 22.5 Å². The Morgan fingerprint density at radius 1 is 1.25 bits per heavy atom. The molecule has 0 saturated carbocycles. The average molecular weight is 390 g/mol. The van der Waals surface area contributed by atoms with Gasteiger partial charge < -0.3 is 14.6 Å². The first-order valence-corrected chi connectivity index (χ1v) is 10.6. The first kappa shape index (κ1) is 21.0. The lowest BCUT2D eigenvalue weighted by molar-refractivity contribution is -0.126. The largest absolute Gasteiger partial charge is 0.381 e. The summed E-state index contributed by atoms with van der Waals surface area (Å²) >= 11 is 0. The van der Waals surface area contributed by atoms with Crippen molar-refractivity contribution < 1.29 is 9.53 Å². The summed E-state index contributed by atoms with van der Waals surface area (Å²) in [6, 6.07) is -0.123. The molecule has 1 aromatic rings. The van der Waals surface area contributed by atoms with E-state index in [9.17, 15) is 4.79 Å². The zero-order chi connectivity index (χ0) is 20.1. The molecular weight excluding hydrogens is 354 g/mol. The van der Waals surface area contributed by atoms with Gasteiger partial charge in [-0.2, -0.15) is 0 Å². The van der Waals surface area contributed by atoms with E-state index < -0.39 is 0 Å². The van der Waals surface area contributed by atoms with E-state index in [2.05, 4.69) is 64.8 Å². The number of carbonyl (C=O) groups is 1. The topological polar surface area (TPSA) is 72.3 Å². The maximum Gasteiger partial charge on any atom is 0.226 e. The van der Waals surface area contributed by atoms with Gasteiger partial charge in [0.2, 0.25) is 5.91 Å². The molecule has 3 rings (SSSR count). The van der Waals surface area contributed by atoms with Gasteiger partial charge in [0, 0.05) is 39.2 Å². The number of hydrogen-bond acceptors (Lipinski definition) is 5. The van der Waals surface area contributed by atoms with Crippen LogP contribution in [-0.4, -0.2) is 58.4 Å². The molecule has 2 aliphatic rings. The van der Waals surface area contributed by atoms with E-state index in [0.717, 1.165) is 50.7 Å². The fraction of sp³-hybridized carbons (Fsp3) is 0.762. The minimum Gasteiger partial charge on any atom is -0.381 e. The maximum atomic E-state index is 12.7. The summed E-state index contributed by atoms with van der Waals surface area (Å²) in [5.74, 6) is 2.76. The third kappa shape index (κ3) is 5.20. The number of fused-ring (bicyclic) bond motifs is 1. The first-order valence-electron chi connectivity index (χ1n) is 10.6. The van der Waals surface area contributed by atoms with Crippen molar-refractivity contribution in [3.8, 4) is 0 Å². The summed E-state index contributed by atoms with van der Waals surface area (Å²) in [4.78, 5) is 15.1. The number of carbonyl (C=O) groups excluding carboxylic acids is 1. The van der Waals surface area contributed by atoms with Gasteiger partial charge in [0.15, 0.2) is 5.82 Å². The fourth-order valence-corrected chi connectivity index (χ4v) is 3.83. The first-order chi connectivity index (χ1) is 13.5. The zero-order valence-electron chi connectivity index (χ0n) is 17.7. The van der Waals surface area contributed by atoms with Crippen molar-refractivity contribution in [3.63, 3.8) is 0 Å². The second-order valence-electron chi connectivity index (χ2n) is 8.64. The van der Waals surface area contributed by atoms with E-state index in [1.165, 1.54) is 0 Å². The lowest BCUT2D eigenvalue weighted by atomic mass is 10.0. The van der Waals surface area contributed by atoms with Gasteiger partial charge in [0.25, 0.3) is 0 Å². The highest BCUT2D eigenvalue weighted by Crippen LogP contribution is 2.24. The molecule has 1 fully saturated rings. The van der Waals surface area contributed by atoms with E-state index in [4.69, 9.17) is 4.74 Å². The molecule has 0 radical (unpaired) electrons. The monoisotopic (exact) mass is 389 g/mol. The van der Waals surface area contributed by atoms with Crippen molar-refractivity contribution in [1.29, 1.82) is 0 Å². The molecule has 0 unspecified atom stereocenters. The van der Waals surface area contributed by atoms with Crippen molar-refractivity contribution in [2.75, 3.05) is 32.8 Å². The Labute approximate surface area is 168 Å². The Morgan fingerprint density at radius 2 is 2.07 bits per heavy atom. The minimum atomic E-state index is -0.123. The minimum absolute atomic E-state index is 0.0454. The van der Waals surface area contributed by atoms with Gasteiger partial charge in [-0.1, -0.05) is 39.8 Å². The van der Waals surface area contributed by atoms with Gasteiger partial charge in [-0.25, -0.2) is 0 Å². The SMILES string of the molecule is CC(C)/C=C/CN1CCc2nnc([C@@H](NC(=O)[C@H]3CCOC3)C(C)C)n2CC1. The summed E-state index contributed by atoms with van der Waals surface area (Å²) in [7, 11) is 0. The van der Waals surface area contributed by atoms with Gasteiger partial charge >= 0.3 is 0 Å². The van der Waals surface area contributed by atoms with Crippen molar-refractivity contribution >= 4 is 5.91 Å². The van der Waals surface area contributed by atoms with Crippen LogP contribution < -0.4 is 5.32 Å². The number of aromatic nitrogens is 3. The van der Waals surface area contributed by atoms with Crippen LogP contribution in [0, 0.1) is 17.8 Å². The van der Waals surface area contributed by atoms with Crippen molar-refractivity contribution in [2.24, 2.45) is 17.8 Å². The predicted octanol–water partition coefficient (Wildman–Crippen LogP) is 2.20. The highest BCUT2D eigenvalue weighted by atomic mass is 16.5. The molecule has 1 N–H and O–H groups in total. The molecule has 28 heavy (non-hydrogen) atoms. The quantitative estimate of drug-likeness (QED) is 0.724. The summed E-state index contributed by atoms with van der Waals surface area (Å²) in [6.45, 7) is 13.6. The van der Waals surface area contributed by atoms with Crippen LogP contribution >= 0.6 is 0 Å². The Morgan fingerprint density at radius 3 is 2.75 bits per heavy atom. The van der Waals surface area contributed by atoms with Crippen LogP contribution in [0.15, 0.2) is 12.2 Å². The normalized spacial score (nSPS) is 22.0. The van der Waals surface area contributed by atoms with E-state index in [0.29, 0.717) is 19.1 Å². The maximum absolute atomic E-state index is 12.7. The average Bonchev–Trinajstić information content (AvgIpc) is 3.27. The number of ether oxygens (including phenoxy) is 1. The van der Waals surface area contributed by atoms with Crippen LogP contribution in [0.2, 0.25) is 0 Å². The number of hydrogen-bond donors (Lipinski definition) is 1. The molecule has 7 heteroatoms. The second-order valence-corrected chi connectivity index (χ2v) is 8.64. The molecule has 1 saturated heterocycles. The highest BCUT2D eigenvalue weighted by Gasteiger charge is 2.31. The summed E-state index contributed by atoms with van der Waals surface area (Å²) in [5.41, 5.74) is 0. The molecule has 3 heterocycles. The van der Waals surface area contributed by atoms with Crippen LogP contribution in [0.1, 0.15) is 51.8 Å². The van der Waals surface area contributed by atoms with E-state index in [-0.39, 0.29) is 23.8 Å². The van der Waals surface area contributed by atoms with Crippen molar-refractivity contribution in [1.82, 2.24) is 25.0 Å². The van der Waals surface area contributed by atoms with Crippen molar-refractivity contribution in [3.05, 3.63) is 23.8 Å². The lowest BCUT2D eigenvalue weighted by Crippen LogP contribution is -2.38. The third-order valence-corrected chi connectivity index (χ3v) is 5.58. The van der Waals surface area contributed by atoms with E-state index >= 15 is 0 Å². The molecule has 0 aromatic carbocycles. The van der Waals surface area contributed by atoms with Crippen molar-refractivity contribution in [2.45, 2.75) is 53.1 Å². The fourth-order valence-electron chi connectivity index (χ4n) is 3.83. The third-order valence-electron chi connectivity index (χ3n) is 5.58. The Bertz CT molecular complexity index is 676. The zero-order valence-corrected chi connectivity index (χ0v) is 17.7. The Balaban J connectivity index is 1.68. The van der Waals surface area contributed by atoms with Gasteiger partial charge in [0.1, 0.15) is 5.82 Å². The summed E-state index contributed by atoms with van der Waals surface area (Å²) < 4.78 is 7.60. The molecule has 0 aliphatic carbocycles. The molecule has 2 aliphatic heterocycles. The number of rotatable bonds is 7. The van der Waals surface area contributed by atoms with Gasteiger partial charge in [0.05, 0.1) is 18.6 Å². The smallest absolute Gasteiger partial charge is 0.226 e. The number of allylic oxidation sites excluding steroid dienone is 1. The van der Waals surface area contributed by atoms with E-state index in [1.807, 2.05) is 0 Å². The lowest BCUT2D eigenvalue weighted by Gasteiger charge is -2.24. The van der Waals surface area contributed by atoms with Crippen LogP contribution in [0.4, 0.5) is 0 Å². The molecule has 0 spiro atoms. The predicted molar refractivity (Wildman–Crippen MR) is 109 cm³/mol. The molecule has 7 nitrogen and oxygen atoms in total. The molecule has 1 amide bonds. The van der Waals surface area contributed by atoms with Crippen LogP contribution in [0.5, 0.6) is 0 Å². The summed E-state index contributed by atoms with van der Waals surface area (Å²) in [6.07, 6.45) is 6.21. The summed E-state index contributed by atoms with van der Waals surface area (Å²) in [5, 5.41) is 12.2. The Hall–Kier alpha value is -1.73. The van der Waals surface area contributed by atoms with Crippen LogP contribution in [0.25, 0.3) is 0 Å². The molecule has 1 aromatic heterocycles. The number of amides is 1. The number of nitrogens with zero attached hydrogens (tertiary/aromatic N) is 4. The van der Waals surface area contributed by atoms with Gasteiger partial charge in [-0.05, 0) is 18.3 Å². The molecule has 0 bridgehead atoms. The van der Waals surface area contributed by atoms with Gasteiger partial charge in [-0.3, -0.25) is 9.69 Å².